The van der Waals surface area contributed by atoms with Crippen LogP contribution in [-0.2, 0) is 21.8 Å². The average Bonchev–Trinajstić information content (AvgIpc) is 3.02. The molecule has 3 rings (SSSR count). The van der Waals surface area contributed by atoms with Crippen molar-refractivity contribution in [3.8, 4) is 11.8 Å². The average molecular weight is 439 g/mol. The molecule has 1 unspecified atom stereocenters. The molecule has 0 aliphatic rings. The van der Waals surface area contributed by atoms with E-state index in [4.69, 9.17) is 20.3 Å². The number of anilines is 1. The Morgan fingerprint density at radius 3 is 2.73 bits per heavy atom. The summed E-state index contributed by atoms with van der Waals surface area (Å²) >= 11 is 0. The van der Waals surface area contributed by atoms with E-state index in [1.54, 1.807) is 18.2 Å². The fourth-order valence-corrected chi connectivity index (χ4v) is 3.70. The zero-order valence-corrected chi connectivity index (χ0v) is 17.3. The van der Waals surface area contributed by atoms with Crippen LogP contribution in [0.1, 0.15) is 11.1 Å². The summed E-state index contributed by atoms with van der Waals surface area (Å²) in [6, 6.07) is 4.94. The van der Waals surface area contributed by atoms with Gasteiger partial charge in [0.25, 0.3) is 0 Å². The van der Waals surface area contributed by atoms with Gasteiger partial charge in [-0.15, -0.1) is 0 Å². The number of fused-ring (bicyclic) bond motifs is 1. The van der Waals surface area contributed by atoms with Crippen LogP contribution in [0, 0.1) is 0 Å². The minimum Gasteiger partial charge on any atom is -0.496 e. The Balaban J connectivity index is 2.01. The zero-order chi connectivity index (χ0) is 21.9. The fraction of sp³-hybridized carbons (Fsp3) is 0.353. The lowest BCUT2D eigenvalue weighted by Gasteiger charge is -2.14. The molecule has 3 aromatic rings. The molecule has 12 nitrogen and oxygen atoms in total. The van der Waals surface area contributed by atoms with E-state index in [9.17, 15) is 14.3 Å². The number of aliphatic hydroxyl groups is 1. The maximum absolute atomic E-state index is 12.5. The summed E-state index contributed by atoms with van der Waals surface area (Å²) in [7, 11) is -1.22. The van der Waals surface area contributed by atoms with E-state index in [2.05, 4.69) is 19.5 Å². The molecule has 5 N–H and O–H groups in total. The molecule has 0 aliphatic heterocycles. The molecule has 1 aromatic carbocycles. The number of nitrogens with two attached hydrogens (primary N) is 1. The molecule has 162 valence electrons. The fourth-order valence-electron chi connectivity index (χ4n) is 2.90. The Morgan fingerprint density at radius 1 is 1.30 bits per heavy atom. The SMILES string of the molecule is COc1ccc(Cn2c(=O)[nH]c3c(N)nc(OCCO)nc32)cc1CP(=O)(O)OC. The van der Waals surface area contributed by atoms with Crippen LogP contribution in [0.4, 0.5) is 5.82 Å². The van der Waals surface area contributed by atoms with Crippen molar-refractivity contribution in [2.75, 3.05) is 33.2 Å². The van der Waals surface area contributed by atoms with Gasteiger partial charge in [0, 0.05) is 12.7 Å². The predicted octanol–water partition coefficient (Wildman–Crippen LogP) is 0.462. The van der Waals surface area contributed by atoms with Gasteiger partial charge >= 0.3 is 19.3 Å². The summed E-state index contributed by atoms with van der Waals surface area (Å²) in [4.78, 5) is 33.0. The van der Waals surface area contributed by atoms with Gasteiger partial charge in [-0.05, 0) is 17.7 Å². The Kier molecular flexibility index (Phi) is 6.42. The van der Waals surface area contributed by atoms with Crippen molar-refractivity contribution >= 4 is 24.6 Å². The van der Waals surface area contributed by atoms with Gasteiger partial charge in [0.1, 0.15) is 17.9 Å². The second-order valence-corrected chi connectivity index (χ2v) is 8.26. The van der Waals surface area contributed by atoms with Gasteiger partial charge in [-0.3, -0.25) is 9.13 Å². The van der Waals surface area contributed by atoms with Crippen LogP contribution in [-0.4, -0.2) is 57.0 Å². The van der Waals surface area contributed by atoms with Crippen molar-refractivity contribution in [3.05, 3.63) is 39.8 Å². The molecule has 1 atom stereocenters. The second-order valence-electron chi connectivity index (χ2n) is 6.30. The van der Waals surface area contributed by atoms with Gasteiger partial charge in [0.2, 0.25) is 0 Å². The molecule has 2 heterocycles. The molecule has 0 amide bonds. The highest BCUT2D eigenvalue weighted by Crippen LogP contribution is 2.46. The molecule has 13 heteroatoms. The molecule has 2 aromatic heterocycles. The Labute approximate surface area is 170 Å². The van der Waals surface area contributed by atoms with E-state index >= 15 is 0 Å². The number of H-pyrrole nitrogens is 1. The van der Waals surface area contributed by atoms with Crippen LogP contribution >= 0.6 is 7.60 Å². The van der Waals surface area contributed by atoms with Gasteiger partial charge in [-0.1, -0.05) is 6.07 Å². The first-order chi connectivity index (χ1) is 14.3. The first kappa shape index (κ1) is 21.8. The molecule has 30 heavy (non-hydrogen) atoms. The first-order valence-electron chi connectivity index (χ1n) is 8.81. The number of ether oxygens (including phenoxy) is 2. The summed E-state index contributed by atoms with van der Waals surface area (Å²) in [5.74, 6) is 0.447. The number of methoxy groups -OCH3 is 1. The monoisotopic (exact) mass is 439 g/mol. The van der Waals surface area contributed by atoms with E-state index < -0.39 is 13.3 Å². The first-order valence-corrected chi connectivity index (χ1v) is 10.6. The smallest absolute Gasteiger partial charge is 0.332 e. The van der Waals surface area contributed by atoms with E-state index in [1.807, 2.05) is 0 Å². The molecule has 0 radical (unpaired) electrons. The topological polar surface area (TPSA) is 175 Å². The number of benzene rings is 1. The highest BCUT2D eigenvalue weighted by Gasteiger charge is 2.21. The maximum Gasteiger partial charge on any atom is 0.332 e. The van der Waals surface area contributed by atoms with Crippen molar-refractivity contribution in [1.29, 1.82) is 0 Å². The molecule has 0 spiro atoms. The molecular weight excluding hydrogens is 417 g/mol. The van der Waals surface area contributed by atoms with Gasteiger partial charge in [-0.2, -0.15) is 9.97 Å². The molecular formula is C17H22N5O7P. The number of hydrogen-bond donors (Lipinski definition) is 4. The van der Waals surface area contributed by atoms with E-state index in [0.29, 0.717) is 16.9 Å². The lowest BCUT2D eigenvalue weighted by atomic mass is 10.1. The Morgan fingerprint density at radius 2 is 2.07 bits per heavy atom. The number of rotatable bonds is 9. The maximum atomic E-state index is 12.5. The molecule has 0 fully saturated rings. The molecule has 0 aliphatic carbocycles. The summed E-state index contributed by atoms with van der Waals surface area (Å²) in [6.45, 7) is -0.164. The number of hydrogen-bond acceptors (Lipinski definition) is 9. The summed E-state index contributed by atoms with van der Waals surface area (Å²) in [5, 5.41) is 8.90. The number of nitrogens with zero attached hydrogens (tertiary/aromatic N) is 3. The molecule has 0 saturated heterocycles. The summed E-state index contributed by atoms with van der Waals surface area (Å²) in [6.07, 6.45) is -0.252. The third-order valence-electron chi connectivity index (χ3n) is 4.29. The number of aromatic amines is 1. The summed E-state index contributed by atoms with van der Waals surface area (Å²) in [5.41, 5.74) is 7.01. The van der Waals surface area contributed by atoms with Crippen molar-refractivity contribution in [2.45, 2.75) is 12.7 Å². The minimum absolute atomic E-state index is 0.0256. The standard InChI is InChI=1S/C17H22N5O7P/c1-27-12-4-3-10(7-11(12)9-30(25,26)28-2)8-22-15-13(19-17(22)24)14(18)20-16(21-15)29-6-5-23/h3-4,7,23H,5-6,8-9H2,1-2H3,(H,19,24)(H,25,26)(H2,18,20,21). The second kappa shape index (κ2) is 8.84. The predicted molar refractivity (Wildman–Crippen MR) is 108 cm³/mol. The van der Waals surface area contributed by atoms with Crippen LogP contribution in [0.25, 0.3) is 11.2 Å². The summed E-state index contributed by atoms with van der Waals surface area (Å²) < 4.78 is 28.4. The normalized spacial score (nSPS) is 13.3. The quantitative estimate of drug-likeness (QED) is 0.343. The van der Waals surface area contributed by atoms with Crippen LogP contribution in [0.15, 0.2) is 23.0 Å². The third-order valence-corrected chi connectivity index (χ3v) is 5.60. The van der Waals surface area contributed by atoms with Gasteiger partial charge in [-0.25, -0.2) is 4.79 Å². The largest absolute Gasteiger partial charge is 0.496 e. The number of aliphatic hydroxyl groups excluding tert-OH is 1. The lowest BCUT2D eigenvalue weighted by Crippen LogP contribution is -2.18. The highest BCUT2D eigenvalue weighted by atomic mass is 31.2. The van der Waals surface area contributed by atoms with E-state index in [0.717, 1.165) is 7.11 Å². The number of imidazole rings is 1. The van der Waals surface area contributed by atoms with Gasteiger partial charge < -0.3 is 34.7 Å². The number of nitrogens with one attached hydrogen (secondary N) is 1. The van der Waals surface area contributed by atoms with Crippen molar-refractivity contribution in [1.82, 2.24) is 19.5 Å². The van der Waals surface area contributed by atoms with Crippen LogP contribution in [0.2, 0.25) is 0 Å². The van der Waals surface area contributed by atoms with Gasteiger partial charge in [0.15, 0.2) is 11.5 Å². The Bertz CT molecular complexity index is 1160. The van der Waals surface area contributed by atoms with E-state index in [-0.39, 0.29) is 48.9 Å². The Hall–Kier alpha value is -2.92. The minimum atomic E-state index is -3.83. The van der Waals surface area contributed by atoms with Crippen LogP contribution in [0.3, 0.4) is 0 Å². The molecule has 0 saturated carbocycles. The van der Waals surface area contributed by atoms with Crippen LogP contribution < -0.4 is 20.9 Å². The number of nitrogen functional groups attached to an aromatic ring is 1. The highest BCUT2D eigenvalue weighted by molar-refractivity contribution is 7.51. The number of aromatic nitrogens is 4. The third kappa shape index (κ3) is 4.62. The van der Waals surface area contributed by atoms with Crippen molar-refractivity contribution in [3.63, 3.8) is 0 Å². The van der Waals surface area contributed by atoms with Crippen molar-refractivity contribution in [2.24, 2.45) is 0 Å². The van der Waals surface area contributed by atoms with Crippen LogP contribution in [0.5, 0.6) is 11.8 Å². The van der Waals surface area contributed by atoms with Crippen molar-refractivity contribution < 1.29 is 28.6 Å². The van der Waals surface area contributed by atoms with Gasteiger partial charge in [0.05, 0.1) is 26.4 Å². The zero-order valence-electron chi connectivity index (χ0n) is 16.4. The molecule has 0 bridgehead atoms. The lowest BCUT2D eigenvalue weighted by molar-refractivity contribution is 0.192. The van der Waals surface area contributed by atoms with E-state index in [1.165, 1.54) is 11.7 Å².